The molecule has 0 heterocycles. The highest BCUT2D eigenvalue weighted by Gasteiger charge is 2.37. The molecule has 0 aliphatic rings. The van der Waals surface area contributed by atoms with E-state index in [-0.39, 0.29) is 16.3 Å². The number of azo groups is 2. The maximum Gasteiger partial charge on any atom is 0.337 e. The number of fused-ring (bicyclic) bond motifs is 2. The molecule has 0 atom stereocenters. The number of benzene rings is 9. The highest BCUT2D eigenvalue weighted by Crippen LogP contribution is 2.53. The average molecular weight is 789 g/mol. The van der Waals surface area contributed by atoms with Crippen molar-refractivity contribution in [2.45, 2.75) is 0 Å². The van der Waals surface area contributed by atoms with Crippen LogP contribution in [0.1, 0.15) is 41.4 Å². The van der Waals surface area contributed by atoms with E-state index in [0.717, 1.165) is 0 Å². The van der Waals surface area contributed by atoms with Crippen LogP contribution in [0.25, 0.3) is 65.3 Å². The van der Waals surface area contributed by atoms with Crippen LogP contribution in [0.5, 0.6) is 0 Å². The summed E-state index contributed by atoms with van der Waals surface area (Å²) in [6.07, 6.45) is 0. The number of nitrogens with zero attached hydrogens (tertiary/aromatic N) is 4. The molecular weight excluding hydrogens is 761 g/mol. The molecule has 60 heavy (non-hydrogen) atoms. The molecule has 0 radical (unpaired) electrons. The molecule has 0 amide bonds. The van der Waals surface area contributed by atoms with Crippen LogP contribution >= 0.6 is 0 Å². The monoisotopic (exact) mass is 788 g/mol. The smallest absolute Gasteiger partial charge is 0.337 e. The van der Waals surface area contributed by atoms with E-state index < -0.39 is 51.5 Å². The van der Waals surface area contributed by atoms with Gasteiger partial charge in [-0.15, -0.1) is 0 Å². The number of hydrogen-bond acceptors (Lipinski definition) is 8. The quantitative estimate of drug-likeness (QED) is 0.0596. The van der Waals surface area contributed by atoms with Crippen molar-refractivity contribution in [3.63, 3.8) is 0 Å². The lowest BCUT2D eigenvalue weighted by molar-refractivity contribution is 0.0635. The molecule has 288 valence electrons. The average Bonchev–Trinajstić information content (AvgIpc) is 3.26. The van der Waals surface area contributed by atoms with Gasteiger partial charge in [-0.05, 0) is 92.2 Å². The van der Waals surface area contributed by atoms with Crippen LogP contribution < -0.4 is 0 Å². The second-order valence-corrected chi connectivity index (χ2v) is 13.8. The fourth-order valence-electron chi connectivity index (χ4n) is 8.09. The number of hydrogen-bond donors (Lipinski definition) is 4. The summed E-state index contributed by atoms with van der Waals surface area (Å²) in [5.41, 5.74) is 0.0763. The summed E-state index contributed by atoms with van der Waals surface area (Å²) in [5.74, 6) is -6.91. The second-order valence-electron chi connectivity index (χ2n) is 13.8. The van der Waals surface area contributed by atoms with E-state index in [0.29, 0.717) is 66.4 Å². The first-order valence-corrected chi connectivity index (χ1v) is 18.5. The van der Waals surface area contributed by atoms with Gasteiger partial charge in [0.05, 0.1) is 45.0 Å². The summed E-state index contributed by atoms with van der Waals surface area (Å²) < 4.78 is 0. The summed E-state index contributed by atoms with van der Waals surface area (Å²) in [6.45, 7) is 0. The van der Waals surface area contributed by atoms with Crippen LogP contribution in [-0.4, -0.2) is 44.3 Å². The van der Waals surface area contributed by atoms with E-state index >= 15 is 0 Å². The number of rotatable bonds is 10. The fourth-order valence-corrected chi connectivity index (χ4v) is 8.09. The van der Waals surface area contributed by atoms with Gasteiger partial charge >= 0.3 is 23.9 Å². The van der Waals surface area contributed by atoms with Gasteiger partial charge in [-0.3, -0.25) is 0 Å². The normalized spacial score (nSPS) is 11.7. The van der Waals surface area contributed by atoms with Crippen LogP contribution in [0, 0.1) is 0 Å². The Balaban J connectivity index is 1.47. The van der Waals surface area contributed by atoms with Gasteiger partial charge in [0.1, 0.15) is 0 Å². The molecular formula is C48H28N4O8. The Morgan fingerprint density at radius 1 is 0.317 bits per heavy atom. The maximum absolute atomic E-state index is 13.9. The van der Waals surface area contributed by atoms with Crippen molar-refractivity contribution < 1.29 is 39.6 Å². The number of carboxylic acids is 4. The minimum Gasteiger partial charge on any atom is -0.478 e. The third kappa shape index (κ3) is 6.12. The van der Waals surface area contributed by atoms with Gasteiger partial charge in [0.15, 0.2) is 0 Å². The lowest BCUT2D eigenvalue weighted by Gasteiger charge is -2.26. The molecule has 0 saturated heterocycles. The SMILES string of the molecule is O=C(O)c1c(C(=O)O)c2c(C(=O)O)c(-c3ccc(N=Nc4ccccc4)cc3)c(-c3ccc(N=Nc4ccccc4)cc3)c3c4cccc5cccc(c(c1C(=O)O)c23)c54. The molecule has 0 aliphatic carbocycles. The molecule has 0 spiro atoms. The molecule has 12 heteroatoms. The number of aromatic carboxylic acids is 4. The van der Waals surface area contributed by atoms with E-state index in [1.807, 2.05) is 48.5 Å². The van der Waals surface area contributed by atoms with Gasteiger partial charge in [-0.2, -0.15) is 20.5 Å². The predicted molar refractivity (Wildman–Crippen MR) is 228 cm³/mol. The van der Waals surface area contributed by atoms with Crippen LogP contribution in [0.4, 0.5) is 22.7 Å². The lowest BCUT2D eigenvalue weighted by Crippen LogP contribution is -2.18. The van der Waals surface area contributed by atoms with Crippen LogP contribution in [0.3, 0.4) is 0 Å². The van der Waals surface area contributed by atoms with Crippen LogP contribution in [0.15, 0.2) is 166 Å². The van der Waals surface area contributed by atoms with Gasteiger partial charge in [-0.1, -0.05) is 97.1 Å². The number of carboxylic acid groups (broad SMARTS) is 4. The van der Waals surface area contributed by atoms with Gasteiger partial charge in [0.25, 0.3) is 0 Å². The Kier molecular flexibility index (Phi) is 9.06. The topological polar surface area (TPSA) is 199 Å². The van der Waals surface area contributed by atoms with Crippen molar-refractivity contribution in [1.29, 1.82) is 0 Å². The van der Waals surface area contributed by atoms with Gasteiger partial charge < -0.3 is 20.4 Å². The first kappa shape index (κ1) is 37.0. The van der Waals surface area contributed by atoms with Crippen molar-refractivity contribution in [2.75, 3.05) is 0 Å². The minimum absolute atomic E-state index is 0.0155. The van der Waals surface area contributed by atoms with Crippen molar-refractivity contribution in [3.05, 3.63) is 168 Å². The molecule has 9 aromatic carbocycles. The molecule has 9 rings (SSSR count). The zero-order valence-electron chi connectivity index (χ0n) is 31.1. The summed E-state index contributed by atoms with van der Waals surface area (Å²) in [4.78, 5) is 53.8. The van der Waals surface area contributed by atoms with E-state index in [1.54, 1.807) is 97.1 Å². The Morgan fingerprint density at radius 3 is 1.17 bits per heavy atom. The number of carbonyl (C=O) groups is 4. The predicted octanol–water partition coefficient (Wildman–Crippen LogP) is 12.7. The molecule has 0 fully saturated rings. The first-order chi connectivity index (χ1) is 29.1. The standard InChI is InChI=1S/C48H28N4O8/c53-45(54)41-36(27-19-23-31(24-20-27)52-50-29-13-5-2-6-14-29)35(26-17-21-30(22-18-26)51-49-28-11-3-1-4-12-28)37-32-15-7-9-25-10-8-16-33(34(25)32)38-39(37)40(41)43(47(57)58)44(48(59)60)42(38)46(55)56/h1-24H,(H,53,54)(H,55,56)(H,57,58)(H,59,60). The molecule has 4 N–H and O–H groups in total. The Hall–Kier alpha value is -8.64. The van der Waals surface area contributed by atoms with E-state index in [4.69, 9.17) is 0 Å². The van der Waals surface area contributed by atoms with Crippen LogP contribution in [-0.2, 0) is 0 Å². The highest BCUT2D eigenvalue weighted by molar-refractivity contribution is 6.43. The first-order valence-electron chi connectivity index (χ1n) is 18.5. The fraction of sp³-hybridized carbons (Fsp3) is 0. The Morgan fingerprint density at radius 2 is 0.717 bits per heavy atom. The third-order valence-corrected chi connectivity index (χ3v) is 10.4. The molecule has 9 aromatic rings. The third-order valence-electron chi connectivity index (χ3n) is 10.4. The van der Waals surface area contributed by atoms with E-state index in [2.05, 4.69) is 20.5 Å². The maximum atomic E-state index is 13.9. The van der Waals surface area contributed by atoms with E-state index in [9.17, 15) is 39.6 Å². The summed E-state index contributed by atoms with van der Waals surface area (Å²) in [7, 11) is 0. The van der Waals surface area contributed by atoms with Crippen LogP contribution in [0.2, 0.25) is 0 Å². The van der Waals surface area contributed by atoms with Crippen molar-refractivity contribution in [2.24, 2.45) is 20.5 Å². The largest absolute Gasteiger partial charge is 0.478 e. The zero-order chi connectivity index (χ0) is 41.7. The molecule has 0 aromatic heterocycles. The summed E-state index contributed by atoms with van der Waals surface area (Å²) in [6, 6.07) is 42.2. The molecule has 0 aliphatic heterocycles. The second kappa shape index (κ2) is 14.7. The minimum atomic E-state index is -1.84. The molecule has 12 nitrogen and oxygen atoms in total. The Labute approximate surface area is 339 Å². The zero-order valence-corrected chi connectivity index (χ0v) is 31.1. The molecule has 0 saturated carbocycles. The van der Waals surface area contributed by atoms with Crippen molar-refractivity contribution in [1.82, 2.24) is 0 Å². The molecule has 0 bridgehead atoms. The van der Waals surface area contributed by atoms with Crippen molar-refractivity contribution in [3.8, 4) is 22.3 Å². The van der Waals surface area contributed by atoms with Gasteiger partial charge in [0, 0.05) is 21.7 Å². The van der Waals surface area contributed by atoms with Gasteiger partial charge in [0.2, 0.25) is 0 Å². The van der Waals surface area contributed by atoms with Gasteiger partial charge in [-0.25, -0.2) is 19.2 Å². The molecule has 0 unspecified atom stereocenters. The summed E-state index contributed by atoms with van der Waals surface area (Å²) >= 11 is 0. The highest BCUT2D eigenvalue weighted by atomic mass is 16.4. The summed E-state index contributed by atoms with van der Waals surface area (Å²) in [5, 5.41) is 62.9. The van der Waals surface area contributed by atoms with E-state index in [1.165, 1.54) is 0 Å². The lowest BCUT2D eigenvalue weighted by atomic mass is 9.76. The van der Waals surface area contributed by atoms with Crippen molar-refractivity contribution >= 4 is 89.7 Å². The Bertz CT molecular complexity index is 3290.